The Bertz CT molecular complexity index is 774. The topological polar surface area (TPSA) is 61.8 Å². The van der Waals surface area contributed by atoms with Gasteiger partial charge in [0.15, 0.2) is 0 Å². The van der Waals surface area contributed by atoms with Crippen molar-refractivity contribution in [3.63, 3.8) is 0 Å². The fourth-order valence-electron chi connectivity index (χ4n) is 3.47. The smallest absolute Gasteiger partial charge is 0.338 e. The molecule has 23 heavy (non-hydrogen) atoms. The van der Waals surface area contributed by atoms with E-state index >= 15 is 0 Å². The van der Waals surface area contributed by atoms with Crippen LogP contribution in [0, 0.1) is 12.8 Å². The summed E-state index contributed by atoms with van der Waals surface area (Å²) in [4.78, 5) is 23.5. The molecule has 0 amide bonds. The maximum Gasteiger partial charge on any atom is 0.338 e. The summed E-state index contributed by atoms with van der Waals surface area (Å²) in [5.74, 6) is -0.802. The summed E-state index contributed by atoms with van der Waals surface area (Å²) in [7, 11) is 0. The van der Waals surface area contributed by atoms with E-state index in [-0.39, 0.29) is 18.0 Å². The number of carbonyl (C=O) groups is 2. The molecule has 3 atom stereocenters. The predicted octanol–water partition coefficient (Wildman–Crippen LogP) is 2.49. The fourth-order valence-corrected chi connectivity index (χ4v) is 3.47. The Morgan fingerprint density at radius 3 is 2.74 bits per heavy atom. The van der Waals surface area contributed by atoms with Gasteiger partial charge in [-0.05, 0) is 37.0 Å². The number of hydrogen-bond acceptors (Lipinski definition) is 5. The molecule has 0 bridgehead atoms. The van der Waals surface area contributed by atoms with E-state index in [1.54, 1.807) is 13.0 Å². The summed E-state index contributed by atoms with van der Waals surface area (Å²) in [6.45, 7) is 3.69. The quantitative estimate of drug-likeness (QED) is 0.477. The molecular weight excluding hydrogens is 296 g/mol. The van der Waals surface area contributed by atoms with E-state index in [0.717, 1.165) is 17.5 Å². The summed E-state index contributed by atoms with van der Waals surface area (Å²) in [5, 5.41) is 0. The molecule has 1 aliphatic carbocycles. The summed E-state index contributed by atoms with van der Waals surface area (Å²) in [6, 6.07) is 6.11. The number of hydrogen-bond donors (Lipinski definition) is 0. The van der Waals surface area contributed by atoms with Crippen LogP contribution in [0.4, 0.5) is 0 Å². The van der Waals surface area contributed by atoms with Crippen molar-refractivity contribution < 1.29 is 23.8 Å². The maximum absolute atomic E-state index is 12.1. The summed E-state index contributed by atoms with van der Waals surface area (Å²) >= 11 is 0. The molecule has 0 aromatic heterocycles. The van der Waals surface area contributed by atoms with Gasteiger partial charge in [0.05, 0.1) is 11.8 Å². The minimum Gasteiger partial charge on any atom is -0.458 e. The van der Waals surface area contributed by atoms with Crippen molar-refractivity contribution in [2.45, 2.75) is 32.7 Å². The van der Waals surface area contributed by atoms with Crippen LogP contribution >= 0.6 is 0 Å². The number of benzene rings is 1. The third-order valence-electron chi connectivity index (χ3n) is 4.63. The molecule has 0 saturated carbocycles. The number of esters is 2. The minimum atomic E-state index is -0.771. The molecule has 3 aliphatic rings. The third-order valence-corrected chi connectivity index (χ3v) is 4.63. The first-order chi connectivity index (χ1) is 11.0. The molecule has 1 aromatic carbocycles. The van der Waals surface area contributed by atoms with Gasteiger partial charge in [-0.15, -0.1) is 0 Å². The van der Waals surface area contributed by atoms with Gasteiger partial charge >= 0.3 is 11.9 Å². The van der Waals surface area contributed by atoms with E-state index in [9.17, 15) is 9.59 Å². The highest BCUT2D eigenvalue weighted by atomic mass is 16.7. The highest BCUT2D eigenvalue weighted by Gasteiger charge is 2.47. The second kappa shape index (κ2) is 4.98. The number of carbonyl (C=O) groups excluding carboxylic acids is 2. The van der Waals surface area contributed by atoms with Crippen LogP contribution in [0.3, 0.4) is 0 Å². The highest BCUT2D eigenvalue weighted by molar-refractivity contribution is 5.92. The number of cyclic esters (lactones) is 1. The predicted molar refractivity (Wildman–Crippen MR) is 80.0 cm³/mol. The van der Waals surface area contributed by atoms with Crippen LogP contribution in [0.1, 0.15) is 29.7 Å². The zero-order valence-electron chi connectivity index (χ0n) is 12.9. The molecule has 3 unspecified atom stereocenters. The summed E-state index contributed by atoms with van der Waals surface area (Å²) < 4.78 is 16.0. The molecular formula is C18H16O5. The van der Waals surface area contributed by atoms with Crippen molar-refractivity contribution in [2.75, 3.05) is 0 Å². The highest BCUT2D eigenvalue weighted by Crippen LogP contribution is 2.48. The van der Waals surface area contributed by atoms with Gasteiger partial charge in [0.1, 0.15) is 6.10 Å². The number of aryl methyl sites for hydroxylation is 1. The Morgan fingerprint density at radius 1 is 1.17 bits per heavy atom. The van der Waals surface area contributed by atoms with Crippen molar-refractivity contribution in [3.8, 4) is 0 Å². The second-order valence-electron chi connectivity index (χ2n) is 6.12. The Kier molecular flexibility index (Phi) is 3.04. The van der Waals surface area contributed by atoms with E-state index in [0.29, 0.717) is 11.1 Å². The van der Waals surface area contributed by atoms with Crippen molar-refractivity contribution in [3.05, 3.63) is 58.4 Å². The monoisotopic (exact) mass is 312 g/mol. The lowest BCUT2D eigenvalue weighted by atomic mass is 9.97. The van der Waals surface area contributed by atoms with Crippen molar-refractivity contribution in [1.82, 2.24) is 0 Å². The molecule has 5 nitrogen and oxygen atoms in total. The molecule has 2 heterocycles. The Balaban J connectivity index is 1.58. The van der Waals surface area contributed by atoms with Crippen molar-refractivity contribution in [1.29, 1.82) is 0 Å². The van der Waals surface area contributed by atoms with Crippen LogP contribution in [-0.4, -0.2) is 18.2 Å². The van der Waals surface area contributed by atoms with Crippen molar-refractivity contribution >= 4 is 11.9 Å². The molecule has 0 radical (unpaired) electrons. The van der Waals surface area contributed by atoms with E-state index in [1.807, 2.05) is 19.1 Å². The lowest BCUT2D eigenvalue weighted by molar-refractivity contribution is -0.152. The van der Waals surface area contributed by atoms with Crippen LogP contribution in [-0.2, 0) is 30.2 Å². The molecule has 1 fully saturated rings. The standard InChI is InChI=1S/C18H16O5/c1-9-4-3-5-11-7-12-13(18(20)23-16(12)15(9)11)8-21-14-6-10(2)17(19)22-14/h3-6,8,12,14,16H,7H2,1-2H3/b13-8+. The molecule has 1 saturated heterocycles. The molecule has 4 rings (SSSR count). The van der Waals surface area contributed by atoms with E-state index in [4.69, 9.17) is 14.2 Å². The van der Waals surface area contributed by atoms with E-state index in [2.05, 4.69) is 6.07 Å². The summed E-state index contributed by atoms with van der Waals surface area (Å²) in [5.41, 5.74) is 4.45. The largest absolute Gasteiger partial charge is 0.458 e. The first kappa shape index (κ1) is 14.1. The van der Waals surface area contributed by atoms with Crippen LogP contribution in [0.15, 0.2) is 41.7 Å². The van der Waals surface area contributed by atoms with Gasteiger partial charge in [-0.3, -0.25) is 0 Å². The third kappa shape index (κ3) is 2.15. The first-order valence-electron chi connectivity index (χ1n) is 7.59. The molecule has 1 aromatic rings. The van der Waals surface area contributed by atoms with E-state index in [1.165, 1.54) is 11.8 Å². The Labute approximate surface area is 133 Å². The van der Waals surface area contributed by atoms with Gasteiger partial charge in [0.25, 0.3) is 6.29 Å². The number of fused-ring (bicyclic) bond motifs is 3. The number of rotatable bonds is 2. The van der Waals surface area contributed by atoms with Gasteiger partial charge in [-0.25, -0.2) is 9.59 Å². The molecule has 0 spiro atoms. The summed E-state index contributed by atoms with van der Waals surface area (Å²) in [6.07, 6.45) is 2.72. The zero-order valence-corrected chi connectivity index (χ0v) is 12.9. The van der Waals surface area contributed by atoms with Gasteiger partial charge in [-0.2, -0.15) is 0 Å². The molecule has 2 aliphatic heterocycles. The lowest BCUT2D eigenvalue weighted by Crippen LogP contribution is -2.11. The lowest BCUT2D eigenvalue weighted by Gasteiger charge is -2.11. The normalized spacial score (nSPS) is 29.9. The van der Waals surface area contributed by atoms with Crippen LogP contribution < -0.4 is 0 Å². The van der Waals surface area contributed by atoms with E-state index < -0.39 is 12.3 Å². The van der Waals surface area contributed by atoms with Gasteiger partial charge < -0.3 is 14.2 Å². The Morgan fingerprint density at radius 2 is 2.00 bits per heavy atom. The van der Waals surface area contributed by atoms with Gasteiger partial charge in [0, 0.05) is 17.6 Å². The molecule has 5 heteroatoms. The van der Waals surface area contributed by atoms with Crippen LogP contribution in [0.5, 0.6) is 0 Å². The molecule has 0 N–H and O–H groups in total. The molecule has 118 valence electrons. The SMILES string of the molecule is CC1=CC(O/C=C2/C(=O)OC3c4c(C)cccc4CC23)OC1=O. The fraction of sp³-hybridized carbons (Fsp3) is 0.333. The average molecular weight is 312 g/mol. The first-order valence-corrected chi connectivity index (χ1v) is 7.59. The van der Waals surface area contributed by atoms with Gasteiger partial charge in [0.2, 0.25) is 0 Å². The maximum atomic E-state index is 12.1. The Hall–Kier alpha value is -2.56. The second-order valence-corrected chi connectivity index (χ2v) is 6.12. The number of ether oxygens (including phenoxy) is 3. The zero-order chi connectivity index (χ0) is 16.1. The minimum absolute atomic E-state index is 0.0409. The van der Waals surface area contributed by atoms with Crippen LogP contribution in [0.25, 0.3) is 0 Å². The van der Waals surface area contributed by atoms with Crippen LogP contribution in [0.2, 0.25) is 0 Å². The van der Waals surface area contributed by atoms with Crippen molar-refractivity contribution in [2.24, 2.45) is 5.92 Å². The average Bonchev–Trinajstić information content (AvgIpc) is 3.10. The van der Waals surface area contributed by atoms with Gasteiger partial charge in [-0.1, -0.05) is 18.2 Å².